The summed E-state index contributed by atoms with van der Waals surface area (Å²) >= 11 is 0. The molecule has 2 rings (SSSR count). The standard InChI is InChI=1S/C18H27N5O3S/c1-19-18(20-9-10-26-11-12-27(3,24)25)23(2)14-17-21-13-16(22-17)15-7-5-4-6-8-15/h4-8,13H,9-12,14H2,1-3H3,(H,19,20)(H,21,22). The summed E-state index contributed by atoms with van der Waals surface area (Å²) in [5, 5.41) is 3.19. The maximum Gasteiger partial charge on any atom is 0.193 e. The van der Waals surface area contributed by atoms with Gasteiger partial charge in [0, 0.05) is 26.9 Å². The molecule has 0 fully saturated rings. The number of rotatable bonds is 9. The molecule has 1 heterocycles. The van der Waals surface area contributed by atoms with E-state index < -0.39 is 9.84 Å². The van der Waals surface area contributed by atoms with Crippen molar-refractivity contribution in [2.45, 2.75) is 6.54 Å². The third-order valence-electron chi connectivity index (χ3n) is 3.80. The predicted octanol–water partition coefficient (Wildman–Crippen LogP) is 1.15. The summed E-state index contributed by atoms with van der Waals surface area (Å²) in [6.45, 7) is 1.71. The van der Waals surface area contributed by atoms with Gasteiger partial charge in [-0.1, -0.05) is 30.3 Å². The number of nitrogens with one attached hydrogen (secondary N) is 2. The summed E-state index contributed by atoms with van der Waals surface area (Å²) in [6, 6.07) is 10.0. The molecule has 27 heavy (non-hydrogen) atoms. The first kappa shape index (κ1) is 20.9. The van der Waals surface area contributed by atoms with Crippen LogP contribution in [0, 0.1) is 0 Å². The highest BCUT2D eigenvalue weighted by atomic mass is 32.2. The lowest BCUT2D eigenvalue weighted by Gasteiger charge is -2.21. The van der Waals surface area contributed by atoms with E-state index in [0.717, 1.165) is 17.1 Å². The van der Waals surface area contributed by atoms with E-state index in [0.29, 0.717) is 25.7 Å². The second-order valence-corrected chi connectivity index (χ2v) is 8.44. The maximum absolute atomic E-state index is 11.0. The molecule has 0 aliphatic heterocycles. The third-order valence-corrected chi connectivity index (χ3v) is 4.71. The zero-order valence-electron chi connectivity index (χ0n) is 16.0. The highest BCUT2D eigenvalue weighted by Gasteiger charge is 2.10. The molecule has 0 saturated heterocycles. The topological polar surface area (TPSA) is 99.7 Å². The van der Waals surface area contributed by atoms with Crippen LogP contribution in [0.5, 0.6) is 0 Å². The summed E-state index contributed by atoms with van der Waals surface area (Å²) in [7, 11) is 0.644. The van der Waals surface area contributed by atoms with Crippen molar-refractivity contribution in [2.75, 3.05) is 45.9 Å². The minimum absolute atomic E-state index is 0.0316. The van der Waals surface area contributed by atoms with Crippen LogP contribution in [0.4, 0.5) is 0 Å². The van der Waals surface area contributed by atoms with Crippen molar-refractivity contribution >= 4 is 15.8 Å². The Labute approximate surface area is 160 Å². The molecule has 0 amide bonds. The number of imidazole rings is 1. The van der Waals surface area contributed by atoms with Gasteiger partial charge in [0.1, 0.15) is 15.7 Å². The van der Waals surface area contributed by atoms with Gasteiger partial charge in [0.05, 0.1) is 37.4 Å². The predicted molar refractivity (Wildman–Crippen MR) is 107 cm³/mol. The van der Waals surface area contributed by atoms with Gasteiger partial charge in [0.2, 0.25) is 0 Å². The number of benzene rings is 1. The number of ether oxygens (including phenoxy) is 1. The first-order valence-electron chi connectivity index (χ1n) is 8.65. The molecular weight excluding hydrogens is 366 g/mol. The Morgan fingerprint density at radius 2 is 2.04 bits per heavy atom. The van der Waals surface area contributed by atoms with Gasteiger partial charge in [0.25, 0.3) is 0 Å². The zero-order chi connectivity index (χ0) is 19.7. The summed E-state index contributed by atoms with van der Waals surface area (Å²) in [5.74, 6) is 1.58. The third kappa shape index (κ3) is 7.40. The minimum atomic E-state index is -2.99. The Balaban J connectivity index is 1.78. The van der Waals surface area contributed by atoms with E-state index in [-0.39, 0.29) is 12.4 Å². The van der Waals surface area contributed by atoms with Crippen molar-refractivity contribution in [2.24, 2.45) is 4.99 Å². The van der Waals surface area contributed by atoms with E-state index in [1.807, 2.05) is 48.5 Å². The van der Waals surface area contributed by atoms with Crippen LogP contribution in [0.15, 0.2) is 41.5 Å². The number of aromatic nitrogens is 2. The van der Waals surface area contributed by atoms with Crippen molar-refractivity contribution in [3.8, 4) is 11.3 Å². The summed E-state index contributed by atoms with van der Waals surface area (Å²) in [5.41, 5.74) is 2.06. The lowest BCUT2D eigenvalue weighted by Crippen LogP contribution is -2.40. The fraction of sp³-hybridized carbons (Fsp3) is 0.444. The van der Waals surface area contributed by atoms with Crippen LogP contribution in [-0.2, 0) is 21.1 Å². The molecule has 9 heteroatoms. The van der Waals surface area contributed by atoms with Crippen LogP contribution in [0.1, 0.15) is 5.82 Å². The Morgan fingerprint density at radius 1 is 1.30 bits per heavy atom. The van der Waals surface area contributed by atoms with Gasteiger partial charge in [-0.25, -0.2) is 13.4 Å². The molecule has 8 nitrogen and oxygen atoms in total. The summed E-state index contributed by atoms with van der Waals surface area (Å²) < 4.78 is 27.4. The Kier molecular flexibility index (Phi) is 7.81. The zero-order valence-corrected chi connectivity index (χ0v) is 16.8. The summed E-state index contributed by atoms with van der Waals surface area (Å²) in [6.07, 6.45) is 3.02. The number of aromatic amines is 1. The molecule has 0 unspecified atom stereocenters. The average Bonchev–Trinajstić information content (AvgIpc) is 3.09. The quantitative estimate of drug-likeness (QED) is 0.377. The number of hydrogen-bond donors (Lipinski definition) is 2. The van der Waals surface area contributed by atoms with E-state index in [4.69, 9.17) is 4.74 Å². The molecule has 1 aromatic heterocycles. The molecule has 148 valence electrons. The van der Waals surface area contributed by atoms with Gasteiger partial charge in [-0.3, -0.25) is 4.99 Å². The maximum atomic E-state index is 11.0. The van der Waals surface area contributed by atoms with Crippen molar-refractivity contribution < 1.29 is 13.2 Å². The normalized spacial score (nSPS) is 12.2. The molecule has 0 atom stereocenters. The highest BCUT2D eigenvalue weighted by Crippen LogP contribution is 2.16. The molecule has 0 aliphatic carbocycles. The van der Waals surface area contributed by atoms with Crippen LogP contribution in [0.2, 0.25) is 0 Å². The Morgan fingerprint density at radius 3 is 2.70 bits per heavy atom. The fourth-order valence-electron chi connectivity index (χ4n) is 2.44. The van der Waals surface area contributed by atoms with Gasteiger partial charge in [-0.2, -0.15) is 0 Å². The highest BCUT2D eigenvalue weighted by molar-refractivity contribution is 7.90. The smallest absolute Gasteiger partial charge is 0.193 e. The molecule has 0 radical (unpaired) electrons. The average molecular weight is 394 g/mol. The number of sulfone groups is 1. The Hall–Kier alpha value is -2.39. The number of guanidine groups is 1. The number of nitrogens with zero attached hydrogens (tertiary/aromatic N) is 3. The van der Waals surface area contributed by atoms with E-state index in [2.05, 4.69) is 20.3 Å². The van der Waals surface area contributed by atoms with E-state index in [1.165, 1.54) is 6.26 Å². The first-order valence-corrected chi connectivity index (χ1v) is 10.7. The van der Waals surface area contributed by atoms with Crippen LogP contribution in [0.3, 0.4) is 0 Å². The number of H-pyrrole nitrogens is 1. The van der Waals surface area contributed by atoms with Crippen molar-refractivity contribution in [1.82, 2.24) is 20.2 Å². The molecule has 1 aromatic carbocycles. The molecule has 0 bridgehead atoms. The summed E-state index contributed by atoms with van der Waals surface area (Å²) in [4.78, 5) is 13.9. The molecule has 0 spiro atoms. The van der Waals surface area contributed by atoms with Gasteiger partial charge >= 0.3 is 0 Å². The van der Waals surface area contributed by atoms with Gasteiger partial charge in [-0.05, 0) is 5.56 Å². The molecule has 2 N–H and O–H groups in total. The second kappa shape index (κ2) is 10.1. The van der Waals surface area contributed by atoms with Crippen LogP contribution >= 0.6 is 0 Å². The fourth-order valence-corrected chi connectivity index (χ4v) is 2.86. The molecule has 0 saturated carbocycles. The Bertz CT molecular complexity index is 834. The SMILES string of the molecule is CN=C(NCCOCCS(C)(=O)=O)N(C)Cc1ncc(-c2ccccc2)[nH]1. The molecule has 2 aromatic rings. The lowest BCUT2D eigenvalue weighted by atomic mass is 10.2. The van der Waals surface area contributed by atoms with Gasteiger partial charge in [-0.15, -0.1) is 0 Å². The van der Waals surface area contributed by atoms with Crippen LogP contribution < -0.4 is 5.32 Å². The van der Waals surface area contributed by atoms with Gasteiger partial charge < -0.3 is 19.9 Å². The monoisotopic (exact) mass is 393 g/mol. The minimum Gasteiger partial charge on any atom is -0.379 e. The van der Waals surface area contributed by atoms with Crippen molar-refractivity contribution in [3.05, 3.63) is 42.4 Å². The van der Waals surface area contributed by atoms with Crippen molar-refractivity contribution in [1.29, 1.82) is 0 Å². The second-order valence-electron chi connectivity index (χ2n) is 6.18. The van der Waals surface area contributed by atoms with Crippen LogP contribution in [0.25, 0.3) is 11.3 Å². The van der Waals surface area contributed by atoms with Crippen molar-refractivity contribution in [3.63, 3.8) is 0 Å². The first-order chi connectivity index (χ1) is 12.9. The number of hydrogen-bond acceptors (Lipinski definition) is 5. The van der Waals surface area contributed by atoms with Crippen LogP contribution in [-0.4, -0.2) is 75.1 Å². The molecular formula is C18H27N5O3S. The number of aliphatic imine (C=N–C) groups is 1. The largest absolute Gasteiger partial charge is 0.379 e. The van der Waals surface area contributed by atoms with E-state index >= 15 is 0 Å². The molecule has 0 aliphatic rings. The van der Waals surface area contributed by atoms with Gasteiger partial charge in [0.15, 0.2) is 5.96 Å². The van der Waals surface area contributed by atoms with E-state index in [9.17, 15) is 8.42 Å². The van der Waals surface area contributed by atoms with E-state index in [1.54, 1.807) is 7.05 Å². The lowest BCUT2D eigenvalue weighted by molar-refractivity contribution is 0.153.